The molecule has 6 heteroatoms. The van der Waals surface area contributed by atoms with Gasteiger partial charge in [-0.25, -0.2) is 8.42 Å². The predicted octanol–water partition coefficient (Wildman–Crippen LogP) is 3.24. The van der Waals surface area contributed by atoms with Gasteiger partial charge in [0.2, 0.25) is 15.9 Å². The number of rotatable bonds is 4. The zero-order valence-corrected chi connectivity index (χ0v) is 15.3. The summed E-state index contributed by atoms with van der Waals surface area (Å²) in [5, 5.41) is 2.98. The predicted molar refractivity (Wildman–Crippen MR) is 96.6 cm³/mol. The van der Waals surface area contributed by atoms with Crippen molar-refractivity contribution in [2.75, 3.05) is 18.4 Å². The fourth-order valence-electron chi connectivity index (χ4n) is 4.77. The van der Waals surface area contributed by atoms with E-state index in [1.807, 2.05) is 0 Å². The highest BCUT2D eigenvalue weighted by atomic mass is 32.2. The molecule has 1 aromatic rings. The van der Waals surface area contributed by atoms with Crippen molar-refractivity contribution in [2.45, 2.75) is 49.8 Å². The zero-order chi connectivity index (χ0) is 17.4. The number of hydrogen-bond acceptors (Lipinski definition) is 3. The molecule has 1 heterocycles. The number of fused-ring (bicyclic) bond motifs is 2. The van der Waals surface area contributed by atoms with Gasteiger partial charge in [-0.15, -0.1) is 0 Å². The first-order valence-corrected chi connectivity index (χ1v) is 10.9. The highest BCUT2D eigenvalue weighted by Gasteiger charge is 2.43. The van der Waals surface area contributed by atoms with Crippen LogP contribution in [0.1, 0.15) is 44.9 Å². The summed E-state index contributed by atoms with van der Waals surface area (Å²) in [5.41, 5.74) is 0.686. The van der Waals surface area contributed by atoms with Crippen LogP contribution in [0.3, 0.4) is 0 Å². The molecule has 4 rings (SSSR count). The standard InChI is InChI=1S/C19H26N2O3S/c22-19(18-13-14-4-5-15(18)12-14)20-16-6-8-17(9-7-16)25(23,24)21-10-2-1-3-11-21/h6-9,14-15,18H,1-5,10-13H2,(H,20,22). The fourth-order valence-corrected chi connectivity index (χ4v) is 6.28. The third kappa shape index (κ3) is 3.34. The lowest BCUT2D eigenvalue weighted by Crippen LogP contribution is -2.35. The summed E-state index contributed by atoms with van der Waals surface area (Å²) in [6.45, 7) is 1.20. The second kappa shape index (κ2) is 6.72. The van der Waals surface area contributed by atoms with Gasteiger partial charge in [-0.1, -0.05) is 12.8 Å². The van der Waals surface area contributed by atoms with Crippen molar-refractivity contribution in [2.24, 2.45) is 17.8 Å². The molecule has 5 nitrogen and oxygen atoms in total. The van der Waals surface area contributed by atoms with Gasteiger partial charge in [0, 0.05) is 24.7 Å². The molecule has 2 aliphatic carbocycles. The zero-order valence-electron chi connectivity index (χ0n) is 14.5. The van der Waals surface area contributed by atoms with E-state index < -0.39 is 10.0 Å². The molecule has 3 atom stereocenters. The molecular formula is C19H26N2O3S. The van der Waals surface area contributed by atoms with Crippen LogP contribution in [0.4, 0.5) is 5.69 Å². The molecule has 1 aliphatic heterocycles. The van der Waals surface area contributed by atoms with Crippen LogP contribution in [0, 0.1) is 17.8 Å². The SMILES string of the molecule is O=C(Nc1ccc(S(=O)(=O)N2CCCCC2)cc1)C1CC2CCC1C2. The Bertz CT molecular complexity index is 738. The van der Waals surface area contributed by atoms with Crippen molar-refractivity contribution < 1.29 is 13.2 Å². The van der Waals surface area contributed by atoms with Crippen LogP contribution in [0.15, 0.2) is 29.2 Å². The summed E-state index contributed by atoms with van der Waals surface area (Å²) in [6, 6.07) is 6.64. The van der Waals surface area contributed by atoms with Gasteiger partial charge >= 0.3 is 0 Å². The van der Waals surface area contributed by atoms with E-state index >= 15 is 0 Å². The summed E-state index contributed by atoms with van der Waals surface area (Å²) < 4.78 is 26.9. The number of amides is 1. The Labute approximate surface area is 149 Å². The van der Waals surface area contributed by atoms with E-state index in [2.05, 4.69) is 5.32 Å². The Morgan fingerprint density at radius 3 is 2.32 bits per heavy atom. The average Bonchev–Trinajstić information content (AvgIpc) is 3.26. The quantitative estimate of drug-likeness (QED) is 0.894. The van der Waals surface area contributed by atoms with Crippen LogP contribution in [0.25, 0.3) is 0 Å². The van der Waals surface area contributed by atoms with E-state index in [1.165, 1.54) is 19.3 Å². The van der Waals surface area contributed by atoms with E-state index in [0.29, 0.717) is 29.6 Å². The second-order valence-corrected chi connectivity index (χ2v) is 9.70. The normalized spacial score (nSPS) is 29.7. The molecular weight excluding hydrogens is 336 g/mol. The van der Waals surface area contributed by atoms with E-state index in [9.17, 15) is 13.2 Å². The van der Waals surface area contributed by atoms with Crippen molar-refractivity contribution in [1.82, 2.24) is 4.31 Å². The number of sulfonamides is 1. The first-order chi connectivity index (χ1) is 12.0. The van der Waals surface area contributed by atoms with Crippen LogP contribution in [-0.2, 0) is 14.8 Å². The van der Waals surface area contributed by atoms with Gasteiger partial charge in [0.25, 0.3) is 0 Å². The molecule has 1 aromatic carbocycles. The third-order valence-corrected chi connectivity index (χ3v) is 8.06. The summed E-state index contributed by atoms with van der Waals surface area (Å²) in [4.78, 5) is 12.8. The molecule has 0 aromatic heterocycles. The fraction of sp³-hybridized carbons (Fsp3) is 0.632. The summed E-state index contributed by atoms with van der Waals surface area (Å²) in [6.07, 6.45) is 7.62. The van der Waals surface area contributed by atoms with E-state index in [0.717, 1.165) is 31.6 Å². The lowest BCUT2D eigenvalue weighted by molar-refractivity contribution is -0.121. The minimum absolute atomic E-state index is 0.0961. The minimum atomic E-state index is -3.41. The number of nitrogens with one attached hydrogen (secondary N) is 1. The first kappa shape index (κ1) is 17.0. The second-order valence-electron chi connectivity index (χ2n) is 7.76. The molecule has 1 amide bonds. The van der Waals surface area contributed by atoms with Crippen LogP contribution in [0.2, 0.25) is 0 Å². The van der Waals surface area contributed by atoms with Crippen LogP contribution in [0.5, 0.6) is 0 Å². The molecule has 2 bridgehead atoms. The molecule has 25 heavy (non-hydrogen) atoms. The van der Waals surface area contributed by atoms with Crippen molar-refractivity contribution >= 4 is 21.6 Å². The topological polar surface area (TPSA) is 66.5 Å². The summed E-state index contributed by atoms with van der Waals surface area (Å²) >= 11 is 0. The Kier molecular flexibility index (Phi) is 4.58. The maximum atomic E-state index is 12.7. The maximum absolute atomic E-state index is 12.7. The minimum Gasteiger partial charge on any atom is -0.326 e. The van der Waals surface area contributed by atoms with Gasteiger partial charge in [-0.2, -0.15) is 4.31 Å². The number of nitrogens with zero attached hydrogens (tertiary/aromatic N) is 1. The Hall–Kier alpha value is -1.40. The lowest BCUT2D eigenvalue weighted by Gasteiger charge is -2.26. The molecule has 136 valence electrons. The van der Waals surface area contributed by atoms with Gasteiger partial charge in [-0.05, 0) is 68.2 Å². The molecule has 0 radical (unpaired) electrons. The molecule has 1 saturated heterocycles. The smallest absolute Gasteiger partial charge is 0.243 e. The maximum Gasteiger partial charge on any atom is 0.243 e. The monoisotopic (exact) mass is 362 g/mol. The van der Waals surface area contributed by atoms with Gasteiger partial charge < -0.3 is 5.32 Å². The van der Waals surface area contributed by atoms with Crippen LogP contribution < -0.4 is 5.32 Å². The summed E-state index contributed by atoms with van der Waals surface area (Å²) in [5.74, 6) is 1.51. The molecule has 3 unspecified atom stereocenters. The third-order valence-electron chi connectivity index (χ3n) is 6.15. The number of hydrogen-bond donors (Lipinski definition) is 1. The molecule has 3 aliphatic rings. The number of anilines is 1. The Morgan fingerprint density at radius 1 is 1.00 bits per heavy atom. The van der Waals surface area contributed by atoms with Crippen molar-refractivity contribution in [3.8, 4) is 0 Å². The molecule has 0 spiro atoms. The molecule has 3 fully saturated rings. The number of benzene rings is 1. The van der Waals surface area contributed by atoms with E-state index in [1.54, 1.807) is 28.6 Å². The van der Waals surface area contributed by atoms with Gasteiger partial charge in [0.05, 0.1) is 4.90 Å². The number of carbonyl (C=O) groups excluding carboxylic acids is 1. The molecule has 2 saturated carbocycles. The van der Waals surface area contributed by atoms with Crippen molar-refractivity contribution in [1.29, 1.82) is 0 Å². The largest absolute Gasteiger partial charge is 0.326 e. The van der Waals surface area contributed by atoms with Gasteiger partial charge in [0.1, 0.15) is 0 Å². The van der Waals surface area contributed by atoms with E-state index in [-0.39, 0.29) is 11.8 Å². The average molecular weight is 362 g/mol. The molecule has 1 N–H and O–H groups in total. The van der Waals surface area contributed by atoms with E-state index in [4.69, 9.17) is 0 Å². The van der Waals surface area contributed by atoms with Crippen LogP contribution >= 0.6 is 0 Å². The van der Waals surface area contributed by atoms with Crippen molar-refractivity contribution in [3.63, 3.8) is 0 Å². The van der Waals surface area contributed by atoms with Crippen molar-refractivity contribution in [3.05, 3.63) is 24.3 Å². The Morgan fingerprint density at radius 2 is 1.72 bits per heavy atom. The summed E-state index contributed by atoms with van der Waals surface area (Å²) in [7, 11) is -3.41. The van der Waals surface area contributed by atoms with Crippen LogP contribution in [-0.4, -0.2) is 31.7 Å². The highest BCUT2D eigenvalue weighted by molar-refractivity contribution is 7.89. The van der Waals surface area contributed by atoms with Gasteiger partial charge in [0.15, 0.2) is 0 Å². The van der Waals surface area contributed by atoms with Gasteiger partial charge in [-0.3, -0.25) is 4.79 Å². The number of carbonyl (C=O) groups is 1. The first-order valence-electron chi connectivity index (χ1n) is 9.45. The Balaban J connectivity index is 1.42. The highest BCUT2D eigenvalue weighted by Crippen LogP contribution is 2.48. The lowest BCUT2D eigenvalue weighted by atomic mass is 9.88. The number of piperidine rings is 1.